The Morgan fingerprint density at radius 3 is 2.21 bits per heavy atom. The Morgan fingerprint density at radius 1 is 1.00 bits per heavy atom. The lowest BCUT2D eigenvalue weighted by Gasteiger charge is -2.36. The molecule has 130 valence electrons. The molecule has 0 unspecified atom stereocenters. The molecule has 0 spiro atoms. The maximum Gasteiger partial charge on any atom is 0.260 e. The van der Waals surface area contributed by atoms with Gasteiger partial charge in [-0.15, -0.1) is 0 Å². The summed E-state index contributed by atoms with van der Waals surface area (Å²) in [5, 5.41) is 0. The van der Waals surface area contributed by atoms with Crippen LogP contribution in [0.4, 0.5) is 4.39 Å². The van der Waals surface area contributed by atoms with Crippen molar-refractivity contribution in [2.24, 2.45) is 5.92 Å². The number of halogens is 1. The Morgan fingerprint density at radius 2 is 1.58 bits per heavy atom. The molecule has 6 heteroatoms. The number of amides is 2. The van der Waals surface area contributed by atoms with Crippen molar-refractivity contribution in [3.05, 3.63) is 30.1 Å². The lowest BCUT2D eigenvalue weighted by molar-refractivity contribution is -0.142. The predicted molar refractivity (Wildman–Crippen MR) is 87.0 cm³/mol. The first-order chi connectivity index (χ1) is 11.6. The molecule has 5 nitrogen and oxygen atoms in total. The summed E-state index contributed by atoms with van der Waals surface area (Å²) in [5.74, 6) is 0.472. The van der Waals surface area contributed by atoms with Crippen LogP contribution in [0.3, 0.4) is 0 Å². The summed E-state index contributed by atoms with van der Waals surface area (Å²) in [6.45, 7) is 2.21. The van der Waals surface area contributed by atoms with Crippen LogP contribution in [0, 0.1) is 11.7 Å². The fourth-order valence-corrected chi connectivity index (χ4v) is 3.37. The van der Waals surface area contributed by atoms with Crippen molar-refractivity contribution in [1.29, 1.82) is 0 Å². The highest BCUT2D eigenvalue weighted by Crippen LogP contribution is 2.26. The lowest BCUT2D eigenvalue weighted by Crippen LogP contribution is -2.52. The molecule has 1 aromatic carbocycles. The third-order valence-electron chi connectivity index (χ3n) is 4.82. The number of benzene rings is 1. The Kier molecular flexibility index (Phi) is 5.33. The maximum atomic E-state index is 12.8. The number of piperazine rings is 1. The molecular formula is C18H23FN2O3. The summed E-state index contributed by atoms with van der Waals surface area (Å²) in [7, 11) is 0. The van der Waals surface area contributed by atoms with Crippen molar-refractivity contribution in [2.45, 2.75) is 25.7 Å². The lowest BCUT2D eigenvalue weighted by atomic mass is 10.1. The Bertz CT molecular complexity index is 576. The quantitative estimate of drug-likeness (QED) is 0.847. The summed E-state index contributed by atoms with van der Waals surface area (Å²) < 4.78 is 18.2. The minimum absolute atomic E-state index is 0.0673. The molecule has 0 aromatic heterocycles. The Hall–Kier alpha value is -2.11. The van der Waals surface area contributed by atoms with Gasteiger partial charge in [0, 0.05) is 32.1 Å². The van der Waals surface area contributed by atoms with E-state index >= 15 is 0 Å². The molecule has 0 radical (unpaired) electrons. The second kappa shape index (κ2) is 7.64. The normalized spacial score (nSPS) is 18.7. The van der Waals surface area contributed by atoms with Crippen molar-refractivity contribution in [3.63, 3.8) is 0 Å². The van der Waals surface area contributed by atoms with E-state index < -0.39 is 0 Å². The van der Waals surface area contributed by atoms with Gasteiger partial charge in [-0.1, -0.05) is 12.8 Å². The molecule has 1 heterocycles. The van der Waals surface area contributed by atoms with E-state index in [1.807, 2.05) is 4.90 Å². The standard InChI is InChI=1S/C18H23FN2O3/c19-15-5-7-16(8-6-15)24-13-17(22)20-9-11-21(12-10-20)18(23)14-3-1-2-4-14/h5-8,14H,1-4,9-13H2. The van der Waals surface area contributed by atoms with E-state index in [2.05, 4.69) is 0 Å². The van der Waals surface area contributed by atoms with Crippen LogP contribution in [0.5, 0.6) is 5.75 Å². The van der Waals surface area contributed by atoms with E-state index in [1.54, 1.807) is 4.90 Å². The molecular weight excluding hydrogens is 311 g/mol. The van der Waals surface area contributed by atoms with Gasteiger partial charge in [0.15, 0.2) is 6.61 Å². The fourth-order valence-electron chi connectivity index (χ4n) is 3.37. The van der Waals surface area contributed by atoms with E-state index in [0.717, 1.165) is 25.7 Å². The molecule has 1 aliphatic carbocycles. The Balaban J connectivity index is 1.43. The zero-order valence-corrected chi connectivity index (χ0v) is 13.7. The summed E-state index contributed by atoms with van der Waals surface area (Å²) in [6, 6.07) is 5.60. The summed E-state index contributed by atoms with van der Waals surface area (Å²) in [5.41, 5.74) is 0. The van der Waals surface area contributed by atoms with Crippen LogP contribution in [0.2, 0.25) is 0 Å². The largest absolute Gasteiger partial charge is 0.484 e. The molecule has 0 bridgehead atoms. The first kappa shape index (κ1) is 16.7. The number of carbonyl (C=O) groups is 2. The number of nitrogens with zero attached hydrogens (tertiary/aromatic N) is 2. The van der Waals surface area contributed by atoms with E-state index in [1.165, 1.54) is 24.3 Å². The molecule has 2 amide bonds. The van der Waals surface area contributed by atoms with Crippen molar-refractivity contribution in [2.75, 3.05) is 32.8 Å². The molecule has 24 heavy (non-hydrogen) atoms. The molecule has 3 rings (SSSR count). The summed E-state index contributed by atoms with van der Waals surface area (Å²) in [4.78, 5) is 28.2. The van der Waals surface area contributed by atoms with Gasteiger partial charge in [0.25, 0.3) is 5.91 Å². The highest BCUT2D eigenvalue weighted by atomic mass is 19.1. The van der Waals surface area contributed by atoms with Crippen LogP contribution in [0.15, 0.2) is 24.3 Å². The van der Waals surface area contributed by atoms with E-state index in [4.69, 9.17) is 4.74 Å². The molecule has 0 atom stereocenters. The van der Waals surface area contributed by atoms with Gasteiger partial charge < -0.3 is 14.5 Å². The average Bonchev–Trinajstić information content (AvgIpc) is 3.15. The van der Waals surface area contributed by atoms with Gasteiger partial charge in [-0.2, -0.15) is 0 Å². The average molecular weight is 334 g/mol. The fraction of sp³-hybridized carbons (Fsp3) is 0.556. The van der Waals surface area contributed by atoms with E-state index in [9.17, 15) is 14.0 Å². The zero-order valence-electron chi connectivity index (χ0n) is 13.7. The minimum atomic E-state index is -0.336. The van der Waals surface area contributed by atoms with Crippen LogP contribution in [0.25, 0.3) is 0 Å². The molecule has 2 fully saturated rings. The topological polar surface area (TPSA) is 49.9 Å². The van der Waals surface area contributed by atoms with Gasteiger partial charge in [-0.25, -0.2) is 4.39 Å². The minimum Gasteiger partial charge on any atom is -0.484 e. The van der Waals surface area contributed by atoms with Crippen molar-refractivity contribution in [3.8, 4) is 5.75 Å². The first-order valence-corrected chi connectivity index (χ1v) is 8.58. The van der Waals surface area contributed by atoms with Gasteiger partial charge in [0.05, 0.1) is 0 Å². The van der Waals surface area contributed by atoms with Crippen LogP contribution in [0.1, 0.15) is 25.7 Å². The number of ether oxygens (including phenoxy) is 1. The SMILES string of the molecule is O=C(COc1ccc(F)cc1)N1CCN(C(=O)C2CCCC2)CC1. The van der Waals surface area contributed by atoms with Gasteiger partial charge in [-0.05, 0) is 37.1 Å². The van der Waals surface area contributed by atoms with Crippen LogP contribution in [-0.4, -0.2) is 54.4 Å². The van der Waals surface area contributed by atoms with E-state index in [-0.39, 0.29) is 30.2 Å². The van der Waals surface area contributed by atoms with Crippen molar-refractivity contribution < 1.29 is 18.7 Å². The van der Waals surface area contributed by atoms with Crippen LogP contribution in [-0.2, 0) is 9.59 Å². The summed E-state index contributed by atoms with van der Waals surface area (Å²) >= 11 is 0. The third-order valence-corrected chi connectivity index (χ3v) is 4.82. The Labute approximate surface area is 141 Å². The third kappa shape index (κ3) is 4.04. The first-order valence-electron chi connectivity index (χ1n) is 8.58. The molecule has 1 saturated carbocycles. The van der Waals surface area contributed by atoms with Gasteiger partial charge >= 0.3 is 0 Å². The van der Waals surface area contributed by atoms with Crippen molar-refractivity contribution in [1.82, 2.24) is 9.80 Å². The second-order valence-corrected chi connectivity index (χ2v) is 6.43. The number of carbonyl (C=O) groups excluding carboxylic acids is 2. The number of hydrogen-bond acceptors (Lipinski definition) is 3. The maximum absolute atomic E-state index is 12.8. The van der Waals surface area contributed by atoms with Crippen molar-refractivity contribution >= 4 is 11.8 Å². The molecule has 2 aliphatic rings. The van der Waals surface area contributed by atoms with Gasteiger partial charge in [-0.3, -0.25) is 9.59 Å². The smallest absolute Gasteiger partial charge is 0.260 e. The molecule has 0 N–H and O–H groups in total. The van der Waals surface area contributed by atoms with Gasteiger partial charge in [0.1, 0.15) is 11.6 Å². The number of rotatable bonds is 4. The second-order valence-electron chi connectivity index (χ2n) is 6.43. The zero-order chi connectivity index (χ0) is 16.9. The highest BCUT2D eigenvalue weighted by molar-refractivity contribution is 5.80. The van der Waals surface area contributed by atoms with Gasteiger partial charge in [0.2, 0.25) is 5.91 Å². The molecule has 1 saturated heterocycles. The van der Waals surface area contributed by atoms with Crippen LogP contribution < -0.4 is 4.74 Å². The highest BCUT2D eigenvalue weighted by Gasteiger charge is 2.30. The number of hydrogen-bond donors (Lipinski definition) is 0. The monoisotopic (exact) mass is 334 g/mol. The van der Waals surface area contributed by atoms with Crippen LogP contribution >= 0.6 is 0 Å². The summed E-state index contributed by atoms with van der Waals surface area (Å²) in [6.07, 6.45) is 4.30. The predicted octanol–water partition coefficient (Wildman–Crippen LogP) is 2.07. The van der Waals surface area contributed by atoms with E-state index in [0.29, 0.717) is 31.9 Å². The molecule has 1 aromatic rings. The molecule has 1 aliphatic heterocycles.